The van der Waals surface area contributed by atoms with E-state index in [0.29, 0.717) is 5.54 Å². The molecule has 5 nitrogen and oxygen atoms in total. The Kier molecular flexibility index (Phi) is 9.28. The fourth-order valence-corrected chi connectivity index (χ4v) is 4.72. The molecule has 0 amide bonds. The monoisotopic (exact) mass is 356 g/mol. The molecule has 6 heteroatoms. The Bertz CT molecular complexity index is 366. The van der Waals surface area contributed by atoms with Crippen LogP contribution in [-0.4, -0.2) is 74.3 Å². The quantitative estimate of drug-likeness (QED) is 0.397. The van der Waals surface area contributed by atoms with E-state index in [-0.39, 0.29) is 0 Å². The normalized spacial score (nSPS) is 22.3. The summed E-state index contributed by atoms with van der Waals surface area (Å²) in [5.74, 6) is 3.52. The van der Waals surface area contributed by atoms with Gasteiger partial charge in [-0.15, -0.1) is 0 Å². The van der Waals surface area contributed by atoms with Crippen molar-refractivity contribution in [2.24, 2.45) is 4.99 Å². The van der Waals surface area contributed by atoms with Crippen LogP contribution in [-0.2, 0) is 4.74 Å². The molecular formula is C18H36N4OS. The van der Waals surface area contributed by atoms with Gasteiger partial charge in [-0.2, -0.15) is 11.8 Å². The molecule has 1 aliphatic carbocycles. The van der Waals surface area contributed by atoms with Crippen LogP contribution in [0.3, 0.4) is 0 Å². The second-order valence-electron chi connectivity index (χ2n) is 6.85. The first-order chi connectivity index (χ1) is 11.8. The first-order valence-electron chi connectivity index (χ1n) is 9.65. The molecule has 2 rings (SSSR count). The van der Waals surface area contributed by atoms with Crippen LogP contribution >= 0.6 is 11.8 Å². The summed E-state index contributed by atoms with van der Waals surface area (Å²) in [5, 5.41) is 6.85. The minimum Gasteiger partial charge on any atom is -0.385 e. The lowest BCUT2D eigenvalue weighted by Gasteiger charge is -2.47. The molecule has 1 aliphatic heterocycles. The first kappa shape index (κ1) is 19.9. The maximum absolute atomic E-state index is 5.13. The van der Waals surface area contributed by atoms with Gasteiger partial charge in [-0.25, -0.2) is 0 Å². The van der Waals surface area contributed by atoms with Gasteiger partial charge in [0.05, 0.1) is 6.54 Å². The number of methoxy groups -OCH3 is 1. The van der Waals surface area contributed by atoms with Crippen molar-refractivity contribution in [2.45, 2.75) is 51.0 Å². The van der Waals surface area contributed by atoms with Gasteiger partial charge >= 0.3 is 0 Å². The molecule has 2 aliphatic rings. The summed E-state index contributed by atoms with van der Waals surface area (Å²) in [5.41, 5.74) is 0.300. The molecule has 2 fully saturated rings. The highest BCUT2D eigenvalue weighted by Crippen LogP contribution is 2.35. The summed E-state index contributed by atoms with van der Waals surface area (Å²) in [6, 6.07) is 0. The molecule has 0 unspecified atom stereocenters. The minimum atomic E-state index is 0.300. The van der Waals surface area contributed by atoms with Crippen molar-refractivity contribution < 1.29 is 4.74 Å². The second-order valence-corrected chi connectivity index (χ2v) is 8.08. The van der Waals surface area contributed by atoms with Crippen LogP contribution in [0.4, 0.5) is 0 Å². The Hall–Kier alpha value is -0.460. The predicted octanol–water partition coefficient (Wildman–Crippen LogP) is 2.33. The van der Waals surface area contributed by atoms with Crippen LogP contribution in [0, 0.1) is 0 Å². The van der Waals surface area contributed by atoms with Crippen LogP contribution < -0.4 is 10.6 Å². The maximum Gasteiger partial charge on any atom is 0.191 e. The molecule has 0 radical (unpaired) electrons. The Morgan fingerprint density at radius 1 is 1.17 bits per heavy atom. The summed E-state index contributed by atoms with van der Waals surface area (Å²) >= 11 is 2.10. The molecule has 0 bridgehead atoms. The number of aliphatic imine (C=N–C) groups is 1. The summed E-state index contributed by atoms with van der Waals surface area (Å²) in [6.07, 6.45) is 7.74. The molecule has 0 aromatic carbocycles. The van der Waals surface area contributed by atoms with E-state index >= 15 is 0 Å². The molecule has 0 aromatic rings. The lowest BCUT2D eigenvalue weighted by Crippen LogP contribution is -2.55. The number of hydrogen-bond acceptors (Lipinski definition) is 4. The van der Waals surface area contributed by atoms with Crippen LogP contribution in [0.25, 0.3) is 0 Å². The Balaban J connectivity index is 1.97. The predicted molar refractivity (Wildman–Crippen MR) is 105 cm³/mol. The molecule has 0 atom stereocenters. The van der Waals surface area contributed by atoms with E-state index in [1.54, 1.807) is 7.11 Å². The van der Waals surface area contributed by atoms with E-state index in [0.717, 1.165) is 38.6 Å². The third-order valence-corrected chi connectivity index (χ3v) is 6.10. The standard InChI is InChI=1S/C18H36N4OS/c1-3-19-17(20-10-7-13-23-2)21-16-18(8-5-4-6-9-18)22-11-14-24-15-12-22/h3-16H2,1-2H3,(H2,19,20,21). The average Bonchev–Trinajstić information content (AvgIpc) is 2.64. The van der Waals surface area contributed by atoms with Gasteiger partial charge in [-0.3, -0.25) is 9.89 Å². The topological polar surface area (TPSA) is 48.9 Å². The van der Waals surface area contributed by atoms with E-state index < -0.39 is 0 Å². The van der Waals surface area contributed by atoms with Crippen LogP contribution in [0.15, 0.2) is 4.99 Å². The van der Waals surface area contributed by atoms with E-state index in [2.05, 4.69) is 34.2 Å². The molecular weight excluding hydrogens is 320 g/mol. The van der Waals surface area contributed by atoms with Crippen molar-refractivity contribution in [2.75, 3.05) is 57.9 Å². The molecule has 1 saturated carbocycles. The fraction of sp³-hybridized carbons (Fsp3) is 0.944. The van der Waals surface area contributed by atoms with Gasteiger partial charge in [0, 0.05) is 56.9 Å². The van der Waals surface area contributed by atoms with E-state index in [9.17, 15) is 0 Å². The number of thioether (sulfide) groups is 1. The SMILES string of the molecule is CCNC(=NCC1(N2CCSCC2)CCCCC1)NCCCOC. The Morgan fingerprint density at radius 2 is 1.92 bits per heavy atom. The van der Waals surface area contributed by atoms with Gasteiger partial charge in [0.2, 0.25) is 0 Å². The van der Waals surface area contributed by atoms with Gasteiger partial charge in [0.1, 0.15) is 0 Å². The molecule has 1 heterocycles. The Labute approximate surface area is 152 Å². The maximum atomic E-state index is 5.13. The average molecular weight is 357 g/mol. The van der Waals surface area contributed by atoms with Crippen molar-refractivity contribution in [3.63, 3.8) is 0 Å². The summed E-state index contributed by atoms with van der Waals surface area (Å²) in [4.78, 5) is 7.74. The van der Waals surface area contributed by atoms with Crippen LogP contribution in [0.5, 0.6) is 0 Å². The summed E-state index contributed by atoms with van der Waals surface area (Å²) in [7, 11) is 1.75. The van der Waals surface area contributed by atoms with Gasteiger partial charge < -0.3 is 15.4 Å². The van der Waals surface area contributed by atoms with E-state index in [1.165, 1.54) is 56.7 Å². The van der Waals surface area contributed by atoms with Gasteiger partial charge in [0.15, 0.2) is 5.96 Å². The molecule has 0 aromatic heterocycles. The van der Waals surface area contributed by atoms with Crippen molar-refractivity contribution >= 4 is 17.7 Å². The Morgan fingerprint density at radius 3 is 2.58 bits per heavy atom. The third-order valence-electron chi connectivity index (χ3n) is 5.16. The van der Waals surface area contributed by atoms with Gasteiger partial charge in [-0.1, -0.05) is 19.3 Å². The van der Waals surface area contributed by atoms with Crippen LogP contribution in [0.1, 0.15) is 45.4 Å². The lowest BCUT2D eigenvalue weighted by atomic mass is 9.80. The fourth-order valence-electron chi connectivity index (χ4n) is 3.81. The summed E-state index contributed by atoms with van der Waals surface area (Å²) < 4.78 is 5.13. The summed E-state index contributed by atoms with van der Waals surface area (Å²) in [6.45, 7) is 8.14. The zero-order valence-electron chi connectivity index (χ0n) is 15.6. The highest BCUT2D eigenvalue weighted by atomic mass is 32.2. The highest BCUT2D eigenvalue weighted by molar-refractivity contribution is 7.99. The zero-order valence-corrected chi connectivity index (χ0v) is 16.4. The van der Waals surface area contributed by atoms with Gasteiger partial charge in [0.25, 0.3) is 0 Å². The third kappa shape index (κ3) is 6.12. The lowest BCUT2D eigenvalue weighted by molar-refractivity contribution is 0.0671. The van der Waals surface area contributed by atoms with Crippen molar-refractivity contribution in [1.29, 1.82) is 0 Å². The first-order valence-corrected chi connectivity index (χ1v) is 10.8. The smallest absolute Gasteiger partial charge is 0.191 e. The molecule has 2 N–H and O–H groups in total. The minimum absolute atomic E-state index is 0.300. The van der Waals surface area contributed by atoms with Gasteiger partial charge in [-0.05, 0) is 26.2 Å². The molecule has 140 valence electrons. The van der Waals surface area contributed by atoms with E-state index in [4.69, 9.17) is 9.73 Å². The second kappa shape index (κ2) is 11.2. The van der Waals surface area contributed by atoms with Crippen molar-refractivity contribution in [3.05, 3.63) is 0 Å². The number of nitrogens with one attached hydrogen (secondary N) is 2. The number of hydrogen-bond donors (Lipinski definition) is 2. The van der Waals surface area contributed by atoms with E-state index in [1.807, 2.05) is 0 Å². The van der Waals surface area contributed by atoms with Crippen LogP contribution in [0.2, 0.25) is 0 Å². The number of guanidine groups is 1. The largest absolute Gasteiger partial charge is 0.385 e. The van der Waals surface area contributed by atoms with Crippen molar-refractivity contribution in [3.8, 4) is 0 Å². The molecule has 24 heavy (non-hydrogen) atoms. The number of nitrogens with zero attached hydrogens (tertiary/aromatic N) is 2. The number of rotatable bonds is 8. The highest BCUT2D eigenvalue weighted by Gasteiger charge is 2.38. The molecule has 1 saturated heterocycles. The zero-order chi connectivity index (χ0) is 17.1. The number of ether oxygens (including phenoxy) is 1. The van der Waals surface area contributed by atoms with Crippen molar-refractivity contribution in [1.82, 2.24) is 15.5 Å². The molecule has 0 spiro atoms.